The van der Waals surface area contributed by atoms with Crippen molar-refractivity contribution in [3.8, 4) is 0 Å². The van der Waals surface area contributed by atoms with Crippen LogP contribution >= 0.6 is 0 Å². The highest BCUT2D eigenvalue weighted by atomic mass is 16.6. The van der Waals surface area contributed by atoms with Crippen molar-refractivity contribution < 1.29 is 19.1 Å². The molecule has 0 aromatic heterocycles. The monoisotopic (exact) mass is 380 g/mol. The number of nitrogens with one attached hydrogen (secondary N) is 1. The molecule has 0 unspecified atom stereocenters. The molecule has 3 N–H and O–H groups in total. The van der Waals surface area contributed by atoms with Gasteiger partial charge in [-0.25, -0.2) is 0 Å². The molecule has 0 aliphatic carbocycles. The first kappa shape index (κ1) is 27.0. The number of hydrogen-bond acceptors (Lipinski definition) is 5. The van der Waals surface area contributed by atoms with Gasteiger partial charge in [0.05, 0.1) is 12.6 Å². The summed E-state index contributed by atoms with van der Waals surface area (Å²) in [6.07, 6.45) is 0.958. The van der Waals surface area contributed by atoms with Gasteiger partial charge in [-0.05, 0) is 39.7 Å². The van der Waals surface area contributed by atoms with E-state index < -0.39 is 6.04 Å². The molecule has 0 bridgehead atoms. The Morgan fingerprint density at radius 3 is 1.96 bits per heavy atom. The molecular formula is C21H36N2O4. The third-order valence-corrected chi connectivity index (χ3v) is 3.00. The van der Waals surface area contributed by atoms with Crippen molar-refractivity contribution in [3.05, 3.63) is 35.9 Å². The van der Waals surface area contributed by atoms with Gasteiger partial charge < -0.3 is 15.8 Å². The number of hydrogen-bond donors (Lipinski definition) is 2. The maximum absolute atomic E-state index is 11.3. The normalized spacial score (nSPS) is 11.0. The van der Waals surface area contributed by atoms with Gasteiger partial charge in [0.15, 0.2) is 5.78 Å². The van der Waals surface area contributed by atoms with Gasteiger partial charge >= 0.3 is 5.97 Å². The lowest BCUT2D eigenvalue weighted by atomic mass is 10.0. The zero-order valence-electron chi connectivity index (χ0n) is 17.8. The average molecular weight is 381 g/mol. The summed E-state index contributed by atoms with van der Waals surface area (Å²) in [5, 5.41) is 2.60. The molecule has 0 aliphatic heterocycles. The molecule has 0 saturated carbocycles. The molecule has 154 valence electrons. The predicted molar refractivity (Wildman–Crippen MR) is 109 cm³/mol. The predicted octanol–water partition coefficient (Wildman–Crippen LogP) is 3.03. The lowest BCUT2D eigenvalue weighted by Gasteiger charge is -2.18. The molecular weight excluding hydrogens is 344 g/mol. The van der Waals surface area contributed by atoms with Gasteiger partial charge in [0.1, 0.15) is 5.60 Å². The van der Waals surface area contributed by atoms with E-state index in [1.54, 1.807) is 6.92 Å². The molecule has 0 aliphatic rings. The van der Waals surface area contributed by atoms with Crippen LogP contribution in [0.5, 0.6) is 0 Å². The fourth-order valence-corrected chi connectivity index (χ4v) is 1.81. The number of rotatable bonds is 6. The summed E-state index contributed by atoms with van der Waals surface area (Å²) in [6.45, 7) is 12.7. The molecule has 1 amide bonds. The first-order chi connectivity index (χ1) is 12.6. The smallest absolute Gasteiger partial charge is 0.306 e. The van der Waals surface area contributed by atoms with Crippen molar-refractivity contribution >= 4 is 17.7 Å². The topological polar surface area (TPSA) is 98.5 Å². The molecule has 0 spiro atoms. The van der Waals surface area contributed by atoms with E-state index >= 15 is 0 Å². The van der Waals surface area contributed by atoms with Gasteiger partial charge in [0.25, 0.3) is 0 Å². The van der Waals surface area contributed by atoms with Crippen molar-refractivity contribution in [1.29, 1.82) is 0 Å². The minimum atomic E-state index is -0.488. The summed E-state index contributed by atoms with van der Waals surface area (Å²) in [6, 6.07) is 9.06. The number of Topliss-reactive ketones (excluding diaryl/α,β-unsaturated/α-hetero) is 1. The minimum absolute atomic E-state index is 0.0642. The van der Waals surface area contributed by atoms with E-state index in [2.05, 4.69) is 5.32 Å². The molecule has 1 rings (SSSR count). The van der Waals surface area contributed by atoms with Gasteiger partial charge in [0.2, 0.25) is 5.91 Å². The lowest BCUT2D eigenvalue weighted by Crippen LogP contribution is -2.44. The fourth-order valence-electron chi connectivity index (χ4n) is 1.81. The third-order valence-electron chi connectivity index (χ3n) is 3.00. The lowest BCUT2D eigenvalue weighted by molar-refractivity contribution is -0.154. The maximum Gasteiger partial charge on any atom is 0.306 e. The molecule has 1 aromatic rings. The number of carbonyl (C=O) groups is 3. The number of amides is 1. The summed E-state index contributed by atoms with van der Waals surface area (Å²) in [7, 11) is 0. The van der Waals surface area contributed by atoms with Crippen LogP contribution in [0, 0.1) is 0 Å². The molecule has 0 saturated heterocycles. The van der Waals surface area contributed by atoms with Crippen molar-refractivity contribution in [2.75, 3.05) is 6.54 Å². The summed E-state index contributed by atoms with van der Waals surface area (Å²) in [5.41, 5.74) is 5.88. The van der Waals surface area contributed by atoms with Crippen LogP contribution in [0.4, 0.5) is 0 Å². The Kier molecular flexibility index (Phi) is 14.9. The molecule has 6 heteroatoms. The molecule has 0 radical (unpaired) electrons. The quantitative estimate of drug-likeness (QED) is 0.739. The van der Waals surface area contributed by atoms with Crippen molar-refractivity contribution in [2.24, 2.45) is 5.73 Å². The average Bonchev–Trinajstić information content (AvgIpc) is 2.62. The van der Waals surface area contributed by atoms with Crippen LogP contribution in [-0.4, -0.2) is 35.8 Å². The molecule has 1 aromatic carbocycles. The zero-order valence-corrected chi connectivity index (χ0v) is 17.8. The van der Waals surface area contributed by atoms with E-state index in [1.165, 1.54) is 6.92 Å². The van der Waals surface area contributed by atoms with Crippen LogP contribution in [0.2, 0.25) is 0 Å². The Balaban J connectivity index is 0. The summed E-state index contributed by atoms with van der Waals surface area (Å²) in [4.78, 5) is 33.1. The van der Waals surface area contributed by atoms with E-state index in [-0.39, 0.29) is 29.8 Å². The van der Waals surface area contributed by atoms with Crippen molar-refractivity contribution in [2.45, 2.75) is 73.0 Å². The first-order valence-electron chi connectivity index (χ1n) is 9.34. The van der Waals surface area contributed by atoms with E-state index in [0.717, 1.165) is 5.56 Å². The van der Waals surface area contributed by atoms with Crippen LogP contribution < -0.4 is 11.1 Å². The summed E-state index contributed by atoms with van der Waals surface area (Å²) in [5.74, 6) is -0.510. The Hall–Kier alpha value is -2.21. The van der Waals surface area contributed by atoms with Crippen molar-refractivity contribution in [1.82, 2.24) is 5.32 Å². The van der Waals surface area contributed by atoms with Crippen LogP contribution in [0.15, 0.2) is 30.3 Å². The number of nitrogens with two attached hydrogens (primary N) is 1. The molecule has 1 atom stereocenters. The highest BCUT2D eigenvalue weighted by Crippen LogP contribution is 2.07. The Morgan fingerprint density at radius 2 is 1.63 bits per heavy atom. The Labute approximate surface area is 163 Å². The molecule has 27 heavy (non-hydrogen) atoms. The second-order valence-corrected chi connectivity index (χ2v) is 6.56. The zero-order chi connectivity index (χ0) is 21.5. The molecule has 0 fully saturated rings. The minimum Gasteiger partial charge on any atom is -0.460 e. The van der Waals surface area contributed by atoms with E-state index in [0.29, 0.717) is 12.8 Å². The van der Waals surface area contributed by atoms with Gasteiger partial charge in [-0.1, -0.05) is 51.1 Å². The number of benzene rings is 1. The van der Waals surface area contributed by atoms with E-state index in [9.17, 15) is 14.4 Å². The summed E-state index contributed by atoms with van der Waals surface area (Å²) >= 11 is 0. The highest BCUT2D eigenvalue weighted by molar-refractivity contribution is 5.88. The number of ketones is 1. The van der Waals surface area contributed by atoms with Gasteiger partial charge in [0, 0.05) is 6.42 Å². The molecule has 6 nitrogen and oxygen atoms in total. The van der Waals surface area contributed by atoms with Gasteiger partial charge in [-0.3, -0.25) is 14.4 Å². The fraction of sp³-hybridized carbons (Fsp3) is 0.571. The Bertz CT molecular complexity index is 551. The second-order valence-electron chi connectivity index (χ2n) is 6.56. The SMILES string of the molecule is CC.CC(=O)[C@H](Cc1ccccc1)NC(=O)CN.CCC(=O)OC(C)(C)C. The van der Waals surface area contributed by atoms with Gasteiger partial charge in [-0.15, -0.1) is 0 Å². The number of carbonyl (C=O) groups excluding carboxylic acids is 3. The van der Waals surface area contributed by atoms with Crippen LogP contribution in [-0.2, 0) is 25.5 Å². The second kappa shape index (κ2) is 14.9. The third kappa shape index (κ3) is 15.7. The van der Waals surface area contributed by atoms with Crippen LogP contribution in [0.25, 0.3) is 0 Å². The number of esters is 1. The van der Waals surface area contributed by atoms with E-state index in [4.69, 9.17) is 10.5 Å². The highest BCUT2D eigenvalue weighted by Gasteiger charge is 2.16. The number of ether oxygens (including phenoxy) is 1. The summed E-state index contributed by atoms with van der Waals surface area (Å²) < 4.78 is 4.95. The van der Waals surface area contributed by atoms with Gasteiger partial charge in [-0.2, -0.15) is 0 Å². The van der Waals surface area contributed by atoms with E-state index in [1.807, 2.05) is 65.0 Å². The standard InChI is InChI=1S/C12H16N2O2.C7H14O2.C2H6/c1-9(15)11(14-12(16)8-13)7-10-5-3-2-4-6-10;1-5-6(8)9-7(2,3)4;1-2/h2-6,11H,7-8,13H2,1H3,(H,14,16);5H2,1-4H3;1-2H3/t11-;;/m0../s1. The van der Waals surface area contributed by atoms with Crippen LogP contribution in [0.1, 0.15) is 60.5 Å². The largest absolute Gasteiger partial charge is 0.460 e. The first-order valence-corrected chi connectivity index (χ1v) is 9.34. The Morgan fingerprint density at radius 1 is 1.11 bits per heavy atom. The molecule has 0 heterocycles. The van der Waals surface area contributed by atoms with Crippen molar-refractivity contribution in [3.63, 3.8) is 0 Å². The maximum atomic E-state index is 11.3. The van der Waals surface area contributed by atoms with Crippen LogP contribution in [0.3, 0.4) is 0 Å².